The van der Waals surface area contributed by atoms with Crippen molar-refractivity contribution in [2.24, 2.45) is 7.05 Å². The first-order valence-electron chi connectivity index (χ1n) is 6.06. The Morgan fingerprint density at radius 3 is 2.80 bits per heavy atom. The van der Waals surface area contributed by atoms with Crippen molar-refractivity contribution in [1.29, 1.82) is 0 Å². The van der Waals surface area contributed by atoms with Gasteiger partial charge in [0.2, 0.25) is 0 Å². The summed E-state index contributed by atoms with van der Waals surface area (Å²) < 4.78 is 6.70. The number of anilines is 1. The summed E-state index contributed by atoms with van der Waals surface area (Å²) in [6.45, 7) is 2.48. The largest absolute Gasteiger partial charge is 0.490 e. The molecule has 2 aromatic rings. The van der Waals surface area contributed by atoms with E-state index in [4.69, 9.17) is 4.74 Å². The van der Waals surface area contributed by atoms with Gasteiger partial charge in [-0.05, 0) is 19.1 Å². The predicted octanol–water partition coefficient (Wildman–Crippen LogP) is 2.26. The highest BCUT2D eigenvalue weighted by Gasteiger charge is 2.15. The second-order valence-corrected chi connectivity index (χ2v) is 4.41. The van der Waals surface area contributed by atoms with Gasteiger partial charge in [-0.15, -0.1) is 0 Å². The zero-order valence-corrected chi connectivity index (χ0v) is 11.6. The van der Waals surface area contributed by atoms with Crippen LogP contribution in [-0.4, -0.2) is 21.8 Å². The molecule has 0 saturated carbocycles. The first-order valence-corrected chi connectivity index (χ1v) is 6.06. The van der Waals surface area contributed by atoms with Crippen molar-refractivity contribution in [1.82, 2.24) is 9.78 Å². The summed E-state index contributed by atoms with van der Waals surface area (Å²) >= 11 is 0. The first kappa shape index (κ1) is 13.9. The van der Waals surface area contributed by atoms with Gasteiger partial charge < -0.3 is 10.1 Å². The number of methoxy groups -OCH3 is 1. The smallest absolute Gasteiger partial charge is 0.312 e. The van der Waals surface area contributed by atoms with Crippen LogP contribution in [-0.2, 0) is 13.6 Å². The average Bonchev–Trinajstić information content (AvgIpc) is 2.74. The molecule has 106 valence electrons. The second kappa shape index (κ2) is 5.60. The Morgan fingerprint density at radius 1 is 1.50 bits per heavy atom. The van der Waals surface area contributed by atoms with Crippen LogP contribution in [0.2, 0.25) is 0 Å². The number of aromatic nitrogens is 2. The van der Waals surface area contributed by atoms with Crippen LogP contribution in [0.15, 0.2) is 24.4 Å². The number of aryl methyl sites for hydroxylation is 2. The molecule has 0 fully saturated rings. The quantitative estimate of drug-likeness (QED) is 0.669. The van der Waals surface area contributed by atoms with E-state index >= 15 is 0 Å². The third-order valence-corrected chi connectivity index (χ3v) is 2.97. The number of benzene rings is 1. The molecule has 1 aromatic carbocycles. The lowest BCUT2D eigenvalue weighted by atomic mass is 10.2. The molecular weight excluding hydrogens is 260 g/mol. The van der Waals surface area contributed by atoms with E-state index < -0.39 is 4.92 Å². The third-order valence-electron chi connectivity index (χ3n) is 2.97. The number of ether oxygens (including phenoxy) is 1. The van der Waals surface area contributed by atoms with Crippen molar-refractivity contribution in [2.45, 2.75) is 13.5 Å². The van der Waals surface area contributed by atoms with Crippen LogP contribution in [0.25, 0.3) is 0 Å². The SMILES string of the molecule is COc1ccc(NCc2cn(C)nc2C)cc1[N+](=O)[O-]. The molecule has 2 rings (SSSR count). The zero-order valence-electron chi connectivity index (χ0n) is 11.6. The molecule has 1 heterocycles. The van der Waals surface area contributed by atoms with Gasteiger partial charge in [-0.2, -0.15) is 5.10 Å². The van der Waals surface area contributed by atoms with Gasteiger partial charge >= 0.3 is 5.69 Å². The maximum atomic E-state index is 10.9. The van der Waals surface area contributed by atoms with Gasteiger partial charge in [-0.25, -0.2) is 0 Å². The monoisotopic (exact) mass is 276 g/mol. The second-order valence-electron chi connectivity index (χ2n) is 4.41. The van der Waals surface area contributed by atoms with Crippen molar-refractivity contribution in [3.05, 3.63) is 45.8 Å². The van der Waals surface area contributed by atoms with E-state index in [2.05, 4.69) is 10.4 Å². The lowest BCUT2D eigenvalue weighted by Crippen LogP contribution is -2.01. The Balaban J connectivity index is 2.16. The minimum Gasteiger partial charge on any atom is -0.490 e. The minimum absolute atomic E-state index is 0.0552. The topological polar surface area (TPSA) is 82.2 Å². The number of hydrogen-bond acceptors (Lipinski definition) is 5. The first-order chi connectivity index (χ1) is 9.51. The van der Waals surface area contributed by atoms with Gasteiger partial charge in [0.15, 0.2) is 5.75 Å². The fourth-order valence-corrected chi connectivity index (χ4v) is 1.96. The van der Waals surface area contributed by atoms with E-state index in [9.17, 15) is 10.1 Å². The molecule has 0 spiro atoms. The van der Waals surface area contributed by atoms with Crippen LogP contribution < -0.4 is 10.1 Å². The van der Waals surface area contributed by atoms with Crippen molar-refractivity contribution >= 4 is 11.4 Å². The Bertz CT molecular complexity index is 637. The highest BCUT2D eigenvalue weighted by molar-refractivity contribution is 5.58. The molecule has 20 heavy (non-hydrogen) atoms. The number of rotatable bonds is 5. The van der Waals surface area contributed by atoms with Gasteiger partial charge in [0, 0.05) is 37.1 Å². The third kappa shape index (κ3) is 2.87. The predicted molar refractivity (Wildman–Crippen MR) is 74.9 cm³/mol. The Hall–Kier alpha value is -2.57. The molecule has 0 unspecified atom stereocenters. The maximum Gasteiger partial charge on any atom is 0.312 e. The van der Waals surface area contributed by atoms with Gasteiger partial charge in [-0.3, -0.25) is 14.8 Å². The lowest BCUT2D eigenvalue weighted by Gasteiger charge is -2.07. The van der Waals surface area contributed by atoms with Crippen LogP contribution in [0.4, 0.5) is 11.4 Å². The van der Waals surface area contributed by atoms with Crippen molar-refractivity contribution in [2.75, 3.05) is 12.4 Å². The fraction of sp³-hybridized carbons (Fsp3) is 0.308. The summed E-state index contributed by atoms with van der Waals surface area (Å²) in [4.78, 5) is 10.5. The minimum atomic E-state index is -0.459. The fourth-order valence-electron chi connectivity index (χ4n) is 1.96. The number of nitrogens with one attached hydrogen (secondary N) is 1. The molecule has 0 bridgehead atoms. The Labute approximate surface area is 116 Å². The van der Waals surface area contributed by atoms with Crippen LogP contribution in [0, 0.1) is 17.0 Å². The molecule has 7 nitrogen and oxygen atoms in total. The molecule has 0 aliphatic carbocycles. The molecule has 0 aliphatic heterocycles. The average molecular weight is 276 g/mol. The number of hydrogen-bond donors (Lipinski definition) is 1. The number of nitrogens with zero attached hydrogens (tertiary/aromatic N) is 3. The highest BCUT2D eigenvalue weighted by atomic mass is 16.6. The van der Waals surface area contributed by atoms with Gasteiger partial charge in [0.1, 0.15) is 0 Å². The van der Waals surface area contributed by atoms with Crippen molar-refractivity contribution in [3.63, 3.8) is 0 Å². The van der Waals surface area contributed by atoms with Crippen LogP contribution >= 0.6 is 0 Å². The van der Waals surface area contributed by atoms with Gasteiger partial charge in [0.05, 0.1) is 17.7 Å². The Kier molecular flexibility index (Phi) is 3.88. The Morgan fingerprint density at radius 2 is 2.25 bits per heavy atom. The number of nitro groups is 1. The van der Waals surface area contributed by atoms with Crippen LogP contribution in [0.1, 0.15) is 11.3 Å². The molecule has 0 aliphatic rings. The van der Waals surface area contributed by atoms with Crippen molar-refractivity contribution < 1.29 is 9.66 Å². The maximum absolute atomic E-state index is 10.9. The molecule has 7 heteroatoms. The van der Waals surface area contributed by atoms with E-state index in [-0.39, 0.29) is 11.4 Å². The molecule has 0 radical (unpaired) electrons. The summed E-state index contributed by atoms with van der Waals surface area (Å²) in [5, 5.41) is 18.3. The highest BCUT2D eigenvalue weighted by Crippen LogP contribution is 2.29. The summed E-state index contributed by atoms with van der Waals surface area (Å²) in [5.74, 6) is 0.248. The summed E-state index contributed by atoms with van der Waals surface area (Å²) in [5.41, 5.74) is 2.59. The lowest BCUT2D eigenvalue weighted by molar-refractivity contribution is -0.385. The molecule has 1 N–H and O–H groups in total. The molecular formula is C13H16N4O3. The van der Waals surface area contributed by atoms with E-state index in [1.807, 2.05) is 20.2 Å². The van der Waals surface area contributed by atoms with E-state index in [0.717, 1.165) is 11.3 Å². The van der Waals surface area contributed by atoms with E-state index in [1.54, 1.807) is 16.8 Å². The van der Waals surface area contributed by atoms with Crippen LogP contribution in [0.5, 0.6) is 5.75 Å². The standard InChI is InChI=1S/C13H16N4O3/c1-9-10(8-16(2)15-9)7-14-11-4-5-13(20-3)12(6-11)17(18)19/h4-6,8,14H,7H2,1-3H3. The van der Waals surface area contributed by atoms with Crippen LogP contribution in [0.3, 0.4) is 0 Å². The molecule has 0 atom stereocenters. The van der Waals surface area contributed by atoms with Crippen molar-refractivity contribution in [3.8, 4) is 5.75 Å². The molecule has 0 saturated heterocycles. The molecule has 1 aromatic heterocycles. The normalized spacial score (nSPS) is 10.3. The number of nitro benzene ring substituents is 1. The summed E-state index contributed by atoms with van der Waals surface area (Å²) in [6.07, 6.45) is 1.92. The van der Waals surface area contributed by atoms with Gasteiger partial charge in [-0.1, -0.05) is 0 Å². The van der Waals surface area contributed by atoms with E-state index in [1.165, 1.54) is 13.2 Å². The molecule has 0 amide bonds. The summed E-state index contributed by atoms with van der Waals surface area (Å²) in [6, 6.07) is 4.79. The summed E-state index contributed by atoms with van der Waals surface area (Å²) in [7, 11) is 3.27. The van der Waals surface area contributed by atoms with Gasteiger partial charge in [0.25, 0.3) is 0 Å². The zero-order chi connectivity index (χ0) is 14.7. The van der Waals surface area contributed by atoms with E-state index in [0.29, 0.717) is 12.2 Å².